The van der Waals surface area contributed by atoms with Gasteiger partial charge in [0.2, 0.25) is 17.7 Å². The predicted molar refractivity (Wildman–Crippen MR) is 119 cm³/mol. The van der Waals surface area contributed by atoms with Crippen LogP contribution in [0.4, 0.5) is 0 Å². The molecule has 0 saturated carbocycles. The van der Waals surface area contributed by atoms with Gasteiger partial charge in [0, 0.05) is 13.1 Å². The van der Waals surface area contributed by atoms with Crippen molar-refractivity contribution in [2.24, 2.45) is 0 Å². The quantitative estimate of drug-likeness (QED) is 0.643. The molecule has 0 aromatic heterocycles. The highest BCUT2D eigenvalue weighted by Gasteiger charge is 2.28. The van der Waals surface area contributed by atoms with E-state index in [1.807, 2.05) is 72.8 Å². The zero-order valence-corrected chi connectivity index (χ0v) is 17.2. The van der Waals surface area contributed by atoms with Gasteiger partial charge in [-0.3, -0.25) is 25.2 Å². The Hall–Kier alpha value is -3.93. The Morgan fingerprint density at radius 1 is 0.871 bits per heavy atom. The lowest BCUT2D eigenvalue weighted by Crippen LogP contribution is -2.44. The summed E-state index contributed by atoms with van der Waals surface area (Å²) in [5.74, 6) is -0.826. The molecule has 4 rings (SSSR count). The molecule has 3 aromatic carbocycles. The molecule has 0 radical (unpaired) electrons. The third kappa shape index (κ3) is 4.48. The van der Waals surface area contributed by atoms with E-state index in [1.54, 1.807) is 11.1 Å². The highest BCUT2D eigenvalue weighted by Crippen LogP contribution is 2.32. The average Bonchev–Trinajstić information content (AvgIpc) is 2.78. The summed E-state index contributed by atoms with van der Waals surface area (Å²) in [5.41, 5.74) is 7.74. The minimum Gasteiger partial charge on any atom is -0.311 e. The van der Waals surface area contributed by atoms with Crippen LogP contribution in [0.2, 0.25) is 0 Å². The molecule has 0 fully saturated rings. The maximum absolute atomic E-state index is 12.6. The van der Waals surface area contributed by atoms with E-state index < -0.39 is 6.04 Å². The van der Waals surface area contributed by atoms with E-state index in [1.165, 1.54) is 6.92 Å². The van der Waals surface area contributed by atoms with Gasteiger partial charge in [0.15, 0.2) is 0 Å². The number of benzene rings is 3. The molecule has 0 aliphatic carbocycles. The first-order chi connectivity index (χ1) is 15.0. The molecule has 1 atom stereocenters. The number of nitrogens with zero attached hydrogens (tertiary/aromatic N) is 1. The molecule has 1 unspecified atom stereocenters. The Labute approximate surface area is 180 Å². The summed E-state index contributed by atoms with van der Waals surface area (Å²) in [7, 11) is 0. The van der Waals surface area contributed by atoms with Crippen molar-refractivity contribution in [3.8, 4) is 0 Å². The Balaban J connectivity index is 1.40. The molecule has 156 valence electrons. The maximum atomic E-state index is 12.6. The van der Waals surface area contributed by atoms with Crippen molar-refractivity contribution in [2.45, 2.75) is 25.8 Å². The third-order valence-corrected chi connectivity index (χ3v) is 5.42. The van der Waals surface area contributed by atoms with Crippen molar-refractivity contribution in [3.63, 3.8) is 0 Å². The second-order valence-electron chi connectivity index (χ2n) is 7.50. The monoisotopic (exact) mass is 413 g/mol. The summed E-state index contributed by atoms with van der Waals surface area (Å²) in [6.45, 7) is 1.47. The molecule has 0 spiro atoms. The number of nitrogens with one attached hydrogen (secondary N) is 2. The lowest BCUT2D eigenvalue weighted by atomic mass is 9.93. The van der Waals surface area contributed by atoms with Crippen molar-refractivity contribution in [3.05, 3.63) is 89.6 Å². The van der Waals surface area contributed by atoms with Gasteiger partial charge in [0.05, 0.1) is 18.9 Å². The van der Waals surface area contributed by atoms with Gasteiger partial charge >= 0.3 is 0 Å². The molecule has 0 bridgehead atoms. The van der Waals surface area contributed by atoms with Crippen LogP contribution < -0.4 is 10.9 Å². The first kappa shape index (κ1) is 20.3. The number of hydrogen-bond donors (Lipinski definition) is 2. The molecular weight excluding hydrogens is 390 g/mol. The standard InChI is InChI=1S/C25H23N3O3/c1-17(29)28-14-13-19-8-3-5-12-22(19)23(28)16-25(31)27-26-24(30)15-20-10-6-9-18-7-2-4-11-21(18)20/h2-14,23H,15-16H2,1H3,(H,26,30)(H,27,31). The molecule has 6 nitrogen and oxygen atoms in total. The smallest absolute Gasteiger partial charge is 0.242 e. The Bertz CT molecular complexity index is 1180. The van der Waals surface area contributed by atoms with Crippen molar-refractivity contribution in [1.82, 2.24) is 15.8 Å². The topological polar surface area (TPSA) is 78.5 Å². The van der Waals surface area contributed by atoms with Crippen LogP contribution in [-0.2, 0) is 20.8 Å². The number of hydrazine groups is 1. The molecule has 31 heavy (non-hydrogen) atoms. The van der Waals surface area contributed by atoms with Gasteiger partial charge in [-0.1, -0.05) is 66.7 Å². The summed E-state index contributed by atoms with van der Waals surface area (Å²) >= 11 is 0. The van der Waals surface area contributed by atoms with E-state index in [2.05, 4.69) is 10.9 Å². The third-order valence-electron chi connectivity index (χ3n) is 5.42. The zero-order valence-electron chi connectivity index (χ0n) is 17.2. The number of rotatable bonds is 4. The van der Waals surface area contributed by atoms with Gasteiger partial charge in [-0.2, -0.15) is 0 Å². The largest absolute Gasteiger partial charge is 0.311 e. The average molecular weight is 413 g/mol. The lowest BCUT2D eigenvalue weighted by Gasteiger charge is -2.32. The van der Waals surface area contributed by atoms with Crippen LogP contribution in [0.1, 0.15) is 36.1 Å². The number of carbonyl (C=O) groups is 3. The van der Waals surface area contributed by atoms with E-state index in [0.29, 0.717) is 0 Å². The summed E-state index contributed by atoms with van der Waals surface area (Å²) in [5, 5.41) is 2.07. The van der Waals surface area contributed by atoms with E-state index in [9.17, 15) is 14.4 Å². The summed E-state index contributed by atoms with van der Waals surface area (Å²) in [4.78, 5) is 38.6. The van der Waals surface area contributed by atoms with E-state index in [0.717, 1.165) is 27.5 Å². The SMILES string of the molecule is CC(=O)N1C=Cc2ccccc2C1CC(=O)NNC(=O)Cc1cccc2ccccc12. The number of hydrogen-bond acceptors (Lipinski definition) is 3. The van der Waals surface area contributed by atoms with Crippen molar-refractivity contribution < 1.29 is 14.4 Å². The van der Waals surface area contributed by atoms with E-state index in [4.69, 9.17) is 0 Å². The Morgan fingerprint density at radius 2 is 1.58 bits per heavy atom. The molecule has 0 saturated heterocycles. The summed E-state index contributed by atoms with van der Waals surface area (Å²) in [6, 6.07) is 20.9. The highest BCUT2D eigenvalue weighted by atomic mass is 16.2. The van der Waals surface area contributed by atoms with Crippen molar-refractivity contribution >= 4 is 34.6 Å². The molecule has 1 heterocycles. The molecule has 6 heteroatoms. The second kappa shape index (κ2) is 8.83. The second-order valence-corrected chi connectivity index (χ2v) is 7.50. The van der Waals surface area contributed by atoms with Gasteiger partial charge in [-0.15, -0.1) is 0 Å². The molecule has 3 amide bonds. The Kier molecular flexibility index (Phi) is 5.80. The normalized spacial score (nSPS) is 14.7. The predicted octanol–water partition coefficient (Wildman–Crippen LogP) is 3.49. The maximum Gasteiger partial charge on any atom is 0.242 e. The first-order valence-corrected chi connectivity index (χ1v) is 10.1. The molecule has 1 aliphatic heterocycles. The summed E-state index contributed by atoms with van der Waals surface area (Å²) in [6.07, 6.45) is 3.74. The van der Waals surface area contributed by atoms with E-state index in [-0.39, 0.29) is 30.6 Å². The first-order valence-electron chi connectivity index (χ1n) is 10.1. The van der Waals surface area contributed by atoms with Gasteiger partial charge in [0.1, 0.15) is 0 Å². The summed E-state index contributed by atoms with van der Waals surface area (Å²) < 4.78 is 0. The van der Waals surface area contributed by atoms with Crippen LogP contribution in [0.3, 0.4) is 0 Å². The van der Waals surface area contributed by atoms with E-state index >= 15 is 0 Å². The number of fused-ring (bicyclic) bond motifs is 2. The fourth-order valence-electron chi connectivity index (χ4n) is 3.94. The zero-order chi connectivity index (χ0) is 21.8. The molecule has 1 aliphatic rings. The van der Waals surface area contributed by atoms with Gasteiger partial charge < -0.3 is 4.90 Å². The lowest BCUT2D eigenvalue weighted by molar-refractivity contribution is -0.132. The highest BCUT2D eigenvalue weighted by molar-refractivity contribution is 5.91. The minimum absolute atomic E-state index is 0.0372. The van der Waals surface area contributed by atoms with Gasteiger partial charge in [-0.05, 0) is 33.5 Å². The number of amides is 3. The van der Waals surface area contributed by atoms with Crippen LogP contribution in [0.25, 0.3) is 16.8 Å². The van der Waals surface area contributed by atoms with Crippen molar-refractivity contribution in [1.29, 1.82) is 0 Å². The minimum atomic E-state index is -0.423. The van der Waals surface area contributed by atoms with Crippen molar-refractivity contribution in [2.75, 3.05) is 0 Å². The van der Waals surface area contributed by atoms with Crippen LogP contribution in [0, 0.1) is 0 Å². The Morgan fingerprint density at radius 3 is 2.42 bits per heavy atom. The molecule has 2 N–H and O–H groups in total. The van der Waals surface area contributed by atoms with Crippen LogP contribution in [-0.4, -0.2) is 22.6 Å². The van der Waals surface area contributed by atoms with Crippen LogP contribution >= 0.6 is 0 Å². The fraction of sp³-hybridized carbons (Fsp3) is 0.160. The van der Waals surface area contributed by atoms with Gasteiger partial charge in [0.25, 0.3) is 0 Å². The van der Waals surface area contributed by atoms with Crippen LogP contribution in [0.15, 0.2) is 72.9 Å². The van der Waals surface area contributed by atoms with Gasteiger partial charge in [-0.25, -0.2) is 0 Å². The number of carbonyl (C=O) groups excluding carboxylic acids is 3. The van der Waals surface area contributed by atoms with Crippen LogP contribution in [0.5, 0.6) is 0 Å². The molecular formula is C25H23N3O3. The fourth-order valence-corrected chi connectivity index (χ4v) is 3.94. The molecule has 3 aromatic rings.